The number of hydrogen-bond acceptors (Lipinski definition) is 8. The molecule has 0 aromatic rings. The van der Waals surface area contributed by atoms with E-state index < -0.39 is 49.5 Å². The van der Waals surface area contributed by atoms with Crippen LogP contribution in [0.25, 0.3) is 0 Å². The molecule has 0 saturated carbocycles. The highest BCUT2D eigenvalue weighted by atomic mass is 16.4. The summed E-state index contributed by atoms with van der Waals surface area (Å²) in [6.45, 7) is -1.79. The minimum Gasteiger partial charge on any atom is -0.394 e. The zero-order valence-corrected chi connectivity index (χ0v) is 8.34. The molecule has 0 aromatic heterocycles. The fourth-order valence-electron chi connectivity index (χ4n) is 0.951. The van der Waals surface area contributed by atoms with Crippen molar-refractivity contribution < 1.29 is 40.5 Å². The van der Waals surface area contributed by atoms with Gasteiger partial charge in [0, 0.05) is 0 Å². The molecule has 0 rings (SSSR count). The van der Waals surface area contributed by atoms with Gasteiger partial charge in [0.15, 0.2) is 5.78 Å². The molecule has 8 heteroatoms. The van der Waals surface area contributed by atoms with Crippen LogP contribution in [0.1, 0.15) is 0 Å². The van der Waals surface area contributed by atoms with Crippen LogP contribution in [0, 0.1) is 0 Å². The van der Waals surface area contributed by atoms with Gasteiger partial charge in [-0.3, -0.25) is 4.79 Å². The average molecular weight is 240 g/mol. The minimum atomic E-state index is -2.17. The lowest BCUT2D eigenvalue weighted by Crippen LogP contribution is -2.50. The van der Waals surface area contributed by atoms with Gasteiger partial charge in [-0.1, -0.05) is 0 Å². The molecule has 0 amide bonds. The molecule has 0 radical (unpaired) electrons. The average Bonchev–Trinajstić information content (AvgIpc) is 2.32. The summed E-state index contributed by atoms with van der Waals surface area (Å²) >= 11 is 0. The van der Waals surface area contributed by atoms with Gasteiger partial charge in [0.25, 0.3) is 0 Å². The second-order valence-corrected chi connectivity index (χ2v) is 3.28. The Labute approximate surface area is 91.0 Å². The number of aliphatic hydroxyl groups is 7. The predicted molar refractivity (Wildman–Crippen MR) is 49.2 cm³/mol. The molecule has 0 spiro atoms. The van der Waals surface area contributed by atoms with Crippen LogP contribution in [0.5, 0.6) is 0 Å². The summed E-state index contributed by atoms with van der Waals surface area (Å²) in [5, 5.41) is 62.1. The molecule has 8 nitrogen and oxygen atoms in total. The minimum absolute atomic E-state index is 0.885. The van der Waals surface area contributed by atoms with E-state index in [1.54, 1.807) is 0 Å². The number of carbonyl (C=O) groups is 1. The van der Waals surface area contributed by atoms with Gasteiger partial charge in [-0.25, -0.2) is 0 Å². The van der Waals surface area contributed by atoms with Gasteiger partial charge < -0.3 is 35.7 Å². The molecule has 96 valence electrons. The maximum Gasteiger partial charge on any atom is 0.195 e. The molecule has 0 saturated heterocycles. The van der Waals surface area contributed by atoms with Gasteiger partial charge >= 0.3 is 0 Å². The summed E-state index contributed by atoms with van der Waals surface area (Å²) in [6.07, 6.45) is -9.78. The van der Waals surface area contributed by atoms with Crippen LogP contribution < -0.4 is 0 Å². The van der Waals surface area contributed by atoms with E-state index in [1.165, 1.54) is 0 Å². The number of carbonyl (C=O) groups excluding carboxylic acids is 1. The van der Waals surface area contributed by atoms with E-state index in [2.05, 4.69) is 0 Å². The third kappa shape index (κ3) is 3.76. The lowest BCUT2D eigenvalue weighted by Gasteiger charge is -2.23. The SMILES string of the molecule is O=C([C@H](O)[C@@H](O)CO)[C@H](O)[C@@H](O)C(O)CO. The molecular weight excluding hydrogens is 224 g/mol. The highest BCUT2D eigenvalue weighted by Crippen LogP contribution is 2.06. The quantitative estimate of drug-likeness (QED) is 0.234. The molecule has 7 N–H and O–H groups in total. The number of ketones is 1. The standard InChI is InChI=1S/C8H16O8/c9-1-3(11)5(13)7(15)8(16)6(14)4(12)2-10/h3-7,9-15H,1-2H2/t3?,4-,5-,6+,7+/m0/s1. The summed E-state index contributed by atoms with van der Waals surface area (Å²) in [5.74, 6) is -1.36. The molecular formula is C8H16O8. The van der Waals surface area contributed by atoms with Gasteiger partial charge in [0.05, 0.1) is 13.2 Å². The molecule has 5 atom stereocenters. The summed E-state index contributed by atoms with van der Waals surface area (Å²) in [5.41, 5.74) is 0. The van der Waals surface area contributed by atoms with Crippen LogP contribution in [-0.4, -0.2) is 85.3 Å². The lowest BCUT2D eigenvalue weighted by atomic mass is 9.98. The van der Waals surface area contributed by atoms with E-state index in [0.29, 0.717) is 0 Å². The van der Waals surface area contributed by atoms with E-state index in [4.69, 9.17) is 30.6 Å². The van der Waals surface area contributed by atoms with E-state index in [9.17, 15) is 9.90 Å². The van der Waals surface area contributed by atoms with Crippen LogP contribution in [-0.2, 0) is 4.79 Å². The summed E-state index contributed by atoms with van der Waals surface area (Å²) in [4.78, 5) is 11.2. The van der Waals surface area contributed by atoms with Gasteiger partial charge in [-0.15, -0.1) is 0 Å². The van der Waals surface area contributed by atoms with Crippen LogP contribution in [0.3, 0.4) is 0 Å². The second-order valence-electron chi connectivity index (χ2n) is 3.28. The van der Waals surface area contributed by atoms with Crippen molar-refractivity contribution in [2.45, 2.75) is 30.5 Å². The number of hydrogen-bond donors (Lipinski definition) is 7. The molecule has 0 aliphatic carbocycles. The first kappa shape index (κ1) is 15.4. The van der Waals surface area contributed by atoms with Crippen molar-refractivity contribution in [3.63, 3.8) is 0 Å². The van der Waals surface area contributed by atoms with E-state index in [0.717, 1.165) is 0 Å². The monoisotopic (exact) mass is 240 g/mol. The van der Waals surface area contributed by atoms with Crippen molar-refractivity contribution in [3.05, 3.63) is 0 Å². The molecule has 16 heavy (non-hydrogen) atoms. The fraction of sp³-hybridized carbons (Fsp3) is 0.875. The van der Waals surface area contributed by atoms with Gasteiger partial charge in [-0.05, 0) is 0 Å². The topological polar surface area (TPSA) is 159 Å². The van der Waals surface area contributed by atoms with Gasteiger partial charge in [0.2, 0.25) is 0 Å². The predicted octanol–water partition coefficient (Wildman–Crippen LogP) is -4.66. The molecule has 0 bridgehead atoms. The van der Waals surface area contributed by atoms with Crippen molar-refractivity contribution >= 4 is 5.78 Å². The van der Waals surface area contributed by atoms with E-state index in [-0.39, 0.29) is 0 Å². The fourth-order valence-corrected chi connectivity index (χ4v) is 0.951. The van der Waals surface area contributed by atoms with Crippen LogP contribution in [0.15, 0.2) is 0 Å². The number of rotatable bonds is 7. The zero-order chi connectivity index (χ0) is 12.9. The Balaban J connectivity index is 4.48. The highest BCUT2D eigenvalue weighted by Gasteiger charge is 2.36. The molecule has 0 aliphatic heterocycles. The largest absolute Gasteiger partial charge is 0.394 e. The van der Waals surface area contributed by atoms with Crippen LogP contribution in [0.4, 0.5) is 0 Å². The molecule has 0 fully saturated rings. The Hall–Kier alpha value is -0.610. The molecule has 0 heterocycles. The molecule has 0 aromatic carbocycles. The van der Waals surface area contributed by atoms with Crippen molar-refractivity contribution in [2.75, 3.05) is 13.2 Å². The highest BCUT2D eigenvalue weighted by molar-refractivity contribution is 5.88. The van der Waals surface area contributed by atoms with Gasteiger partial charge in [0.1, 0.15) is 30.5 Å². The molecule has 1 unspecified atom stereocenters. The van der Waals surface area contributed by atoms with Crippen LogP contribution >= 0.6 is 0 Å². The Morgan fingerprint density at radius 1 is 0.812 bits per heavy atom. The van der Waals surface area contributed by atoms with Gasteiger partial charge in [-0.2, -0.15) is 0 Å². The Bertz CT molecular complexity index is 220. The van der Waals surface area contributed by atoms with Crippen molar-refractivity contribution in [1.29, 1.82) is 0 Å². The maximum atomic E-state index is 11.2. The Morgan fingerprint density at radius 2 is 1.25 bits per heavy atom. The summed E-state index contributed by atoms with van der Waals surface area (Å²) < 4.78 is 0. The molecule has 0 aliphatic rings. The first-order valence-corrected chi connectivity index (χ1v) is 4.52. The maximum absolute atomic E-state index is 11.2. The summed E-state index contributed by atoms with van der Waals surface area (Å²) in [6, 6.07) is 0. The van der Waals surface area contributed by atoms with E-state index in [1.807, 2.05) is 0 Å². The first-order chi connectivity index (χ1) is 7.36. The lowest BCUT2D eigenvalue weighted by molar-refractivity contribution is -0.155. The third-order valence-electron chi connectivity index (χ3n) is 2.04. The van der Waals surface area contributed by atoms with Crippen molar-refractivity contribution in [1.82, 2.24) is 0 Å². The van der Waals surface area contributed by atoms with Crippen LogP contribution in [0.2, 0.25) is 0 Å². The van der Waals surface area contributed by atoms with E-state index >= 15 is 0 Å². The normalized spacial score (nSPS) is 20.9. The number of aliphatic hydroxyl groups excluding tert-OH is 7. The Morgan fingerprint density at radius 3 is 1.62 bits per heavy atom. The first-order valence-electron chi connectivity index (χ1n) is 4.52. The smallest absolute Gasteiger partial charge is 0.195 e. The Kier molecular flexibility index (Phi) is 6.60. The van der Waals surface area contributed by atoms with Crippen molar-refractivity contribution in [3.8, 4) is 0 Å². The summed E-state index contributed by atoms with van der Waals surface area (Å²) in [7, 11) is 0. The third-order valence-corrected chi connectivity index (χ3v) is 2.04. The number of Topliss-reactive ketones (excluding diaryl/α,β-unsaturated/α-hetero) is 1. The van der Waals surface area contributed by atoms with Crippen molar-refractivity contribution in [2.24, 2.45) is 0 Å². The zero-order valence-electron chi connectivity index (χ0n) is 8.34. The second kappa shape index (κ2) is 6.86.